The summed E-state index contributed by atoms with van der Waals surface area (Å²) in [7, 11) is 0. The van der Waals surface area contributed by atoms with Crippen molar-refractivity contribution in [2.75, 3.05) is 4.90 Å². The number of fused-ring (bicyclic) bond motifs is 9. The lowest BCUT2D eigenvalue weighted by Gasteiger charge is -2.49. The first kappa shape index (κ1) is 24.5. The summed E-state index contributed by atoms with van der Waals surface area (Å²) in [6.07, 6.45) is 6.28. The van der Waals surface area contributed by atoms with E-state index in [4.69, 9.17) is 0 Å². The molecule has 2 aliphatic heterocycles. The molecule has 0 fully saturated rings. The predicted molar refractivity (Wildman–Crippen MR) is 178 cm³/mol. The van der Waals surface area contributed by atoms with Crippen LogP contribution in [0.2, 0.25) is 0 Å². The summed E-state index contributed by atoms with van der Waals surface area (Å²) in [5.41, 5.74) is 8.35. The Morgan fingerprint density at radius 2 is 1.34 bits per heavy atom. The van der Waals surface area contributed by atoms with Crippen LogP contribution in [0.4, 0.5) is 17.1 Å². The number of para-hydroxylation sites is 3. The number of benzene rings is 5. The smallest absolute Gasteiger partial charge is 0.0761 e. The number of hydrogen-bond acceptors (Lipinski definition) is 3. The Bertz CT molecular complexity index is 2010. The van der Waals surface area contributed by atoms with Crippen molar-refractivity contribution in [2.45, 2.75) is 17.2 Å². The first-order valence-electron chi connectivity index (χ1n) is 13.9. The van der Waals surface area contributed by atoms with Gasteiger partial charge >= 0.3 is 0 Å². The molecule has 196 valence electrons. The molecule has 5 aromatic carbocycles. The van der Waals surface area contributed by atoms with E-state index in [1.54, 1.807) is 0 Å². The van der Waals surface area contributed by atoms with E-state index in [0.29, 0.717) is 0 Å². The van der Waals surface area contributed by atoms with Crippen LogP contribution < -0.4 is 4.90 Å². The maximum absolute atomic E-state index is 4.03. The second-order valence-corrected chi connectivity index (χ2v) is 12.9. The quantitative estimate of drug-likeness (QED) is 0.198. The van der Waals surface area contributed by atoms with Crippen molar-refractivity contribution in [1.29, 1.82) is 0 Å². The topological polar surface area (TPSA) is 3.24 Å². The van der Waals surface area contributed by atoms with Crippen LogP contribution in [0.1, 0.15) is 23.6 Å². The maximum atomic E-state index is 4.03. The van der Waals surface area contributed by atoms with E-state index >= 15 is 0 Å². The molecule has 3 heteroatoms. The van der Waals surface area contributed by atoms with Crippen molar-refractivity contribution in [2.24, 2.45) is 0 Å². The van der Waals surface area contributed by atoms with E-state index in [2.05, 4.69) is 146 Å². The van der Waals surface area contributed by atoms with Crippen LogP contribution >= 0.6 is 23.1 Å². The van der Waals surface area contributed by atoms with Crippen LogP contribution in [0.3, 0.4) is 0 Å². The Morgan fingerprint density at radius 3 is 2.07 bits per heavy atom. The lowest BCUT2D eigenvalue weighted by molar-refractivity contribution is 0.707. The molecule has 0 bridgehead atoms. The lowest BCUT2D eigenvalue weighted by atomic mass is 9.61. The fourth-order valence-electron chi connectivity index (χ4n) is 6.85. The van der Waals surface area contributed by atoms with E-state index in [9.17, 15) is 0 Å². The molecule has 2 aliphatic rings. The van der Waals surface area contributed by atoms with Gasteiger partial charge < -0.3 is 4.90 Å². The summed E-state index contributed by atoms with van der Waals surface area (Å²) >= 11 is 3.79. The summed E-state index contributed by atoms with van der Waals surface area (Å²) in [6.45, 7) is 6.31. The van der Waals surface area contributed by atoms with Crippen molar-refractivity contribution in [3.8, 4) is 0 Å². The molecule has 1 nitrogen and oxygen atoms in total. The van der Waals surface area contributed by atoms with E-state index in [1.165, 1.54) is 63.6 Å². The molecule has 0 saturated heterocycles. The summed E-state index contributed by atoms with van der Waals surface area (Å²) < 4.78 is 2.67. The standard InChI is InChI=1S/C38H27NS2/c1-3-4-17-29-25(2)40-37-24-36-28(27-16-8-13-22-35(27)41-36)23-32(37)38(29)30-18-9-11-20-33(30)39(26-14-6-5-7-15-26)34-21-12-10-19-31(34)38/h3-24H,1H2,2H3/b17-4-. The van der Waals surface area contributed by atoms with Crippen molar-refractivity contribution >= 4 is 60.3 Å². The predicted octanol–water partition coefficient (Wildman–Crippen LogP) is 11.3. The highest BCUT2D eigenvalue weighted by atomic mass is 32.2. The van der Waals surface area contributed by atoms with Gasteiger partial charge in [0.1, 0.15) is 0 Å². The van der Waals surface area contributed by atoms with Gasteiger partial charge in [0.05, 0.1) is 16.8 Å². The van der Waals surface area contributed by atoms with Gasteiger partial charge in [0.2, 0.25) is 0 Å². The second kappa shape index (κ2) is 9.37. The molecule has 0 atom stereocenters. The summed E-state index contributed by atoms with van der Waals surface area (Å²) in [4.78, 5) is 5.07. The highest BCUT2D eigenvalue weighted by Crippen LogP contribution is 2.63. The molecular formula is C38H27NS2. The minimum atomic E-state index is -0.486. The van der Waals surface area contributed by atoms with Gasteiger partial charge in [-0.05, 0) is 76.6 Å². The minimum absolute atomic E-state index is 0.486. The summed E-state index contributed by atoms with van der Waals surface area (Å²) in [5, 5.41) is 2.66. The minimum Gasteiger partial charge on any atom is -0.310 e. The first-order valence-corrected chi connectivity index (χ1v) is 15.5. The molecule has 0 radical (unpaired) electrons. The van der Waals surface area contributed by atoms with Crippen molar-refractivity contribution < 1.29 is 0 Å². The molecule has 0 saturated carbocycles. The highest BCUT2D eigenvalue weighted by molar-refractivity contribution is 8.03. The fourth-order valence-corrected chi connectivity index (χ4v) is 9.21. The summed E-state index contributed by atoms with van der Waals surface area (Å²) in [5.74, 6) is 0. The number of nitrogens with zero attached hydrogens (tertiary/aromatic N) is 1. The average Bonchev–Trinajstić information content (AvgIpc) is 3.38. The monoisotopic (exact) mass is 561 g/mol. The number of thiophene rings is 1. The summed E-state index contributed by atoms with van der Waals surface area (Å²) in [6, 6.07) is 42.5. The van der Waals surface area contributed by atoms with E-state index in [0.717, 1.165) is 5.69 Å². The van der Waals surface area contributed by atoms with Crippen LogP contribution in [0.5, 0.6) is 0 Å². The Morgan fingerprint density at radius 1 is 0.683 bits per heavy atom. The lowest BCUT2D eigenvalue weighted by Crippen LogP contribution is -2.39. The van der Waals surface area contributed by atoms with Crippen molar-refractivity contribution in [3.05, 3.63) is 167 Å². The maximum Gasteiger partial charge on any atom is 0.0761 e. The van der Waals surface area contributed by atoms with Crippen LogP contribution in [0, 0.1) is 0 Å². The Labute approximate surface area is 248 Å². The van der Waals surface area contributed by atoms with Gasteiger partial charge in [-0.25, -0.2) is 0 Å². The number of hydrogen-bond donors (Lipinski definition) is 0. The van der Waals surface area contributed by atoms with Gasteiger partial charge in [0.15, 0.2) is 0 Å². The Hall–Kier alpha value is -4.31. The average molecular weight is 562 g/mol. The molecule has 3 heterocycles. The molecule has 0 amide bonds. The molecule has 0 unspecified atom stereocenters. The molecule has 6 aromatic rings. The van der Waals surface area contributed by atoms with Crippen LogP contribution in [-0.4, -0.2) is 0 Å². The number of rotatable bonds is 3. The van der Waals surface area contributed by atoms with Gasteiger partial charge in [-0.2, -0.15) is 0 Å². The number of anilines is 3. The third-order valence-electron chi connectivity index (χ3n) is 8.44. The molecule has 8 rings (SSSR count). The highest BCUT2D eigenvalue weighted by Gasteiger charge is 2.50. The second-order valence-electron chi connectivity index (χ2n) is 10.6. The largest absolute Gasteiger partial charge is 0.310 e. The zero-order valence-electron chi connectivity index (χ0n) is 22.7. The van der Waals surface area contributed by atoms with Crippen molar-refractivity contribution in [1.82, 2.24) is 0 Å². The molecule has 1 spiro atoms. The van der Waals surface area contributed by atoms with Gasteiger partial charge in [-0.15, -0.1) is 11.3 Å². The fraction of sp³-hybridized carbons (Fsp3) is 0.0526. The van der Waals surface area contributed by atoms with Crippen molar-refractivity contribution in [3.63, 3.8) is 0 Å². The van der Waals surface area contributed by atoms with E-state index in [1.807, 2.05) is 29.2 Å². The van der Waals surface area contributed by atoms with Crippen LogP contribution in [0.25, 0.3) is 20.2 Å². The molecule has 0 N–H and O–H groups in total. The van der Waals surface area contributed by atoms with Gasteiger partial charge in [0, 0.05) is 30.8 Å². The molecule has 1 aromatic heterocycles. The zero-order valence-corrected chi connectivity index (χ0v) is 24.3. The first-order chi connectivity index (χ1) is 20.2. The third kappa shape index (κ3) is 3.43. The number of thioether (sulfide) groups is 1. The normalized spacial score (nSPS) is 15.4. The van der Waals surface area contributed by atoms with Crippen LogP contribution in [0.15, 0.2) is 155 Å². The molecular weight excluding hydrogens is 535 g/mol. The molecule has 41 heavy (non-hydrogen) atoms. The van der Waals surface area contributed by atoms with Crippen LogP contribution in [-0.2, 0) is 5.41 Å². The Kier molecular flexibility index (Phi) is 5.60. The Balaban J connectivity index is 1.55. The zero-order chi connectivity index (χ0) is 27.6. The van der Waals surface area contributed by atoms with Gasteiger partial charge in [-0.3, -0.25) is 0 Å². The molecule has 0 aliphatic carbocycles. The van der Waals surface area contributed by atoms with E-state index in [-0.39, 0.29) is 0 Å². The van der Waals surface area contributed by atoms with E-state index < -0.39 is 5.41 Å². The number of allylic oxidation sites excluding steroid dienone is 5. The SMILES string of the molecule is C=C/C=C\C1=C(C)Sc2cc3sc4ccccc4c3cc2C12c1ccccc1N(c1ccccc1)c1ccccc12. The van der Waals surface area contributed by atoms with Gasteiger partial charge in [-0.1, -0.05) is 109 Å². The third-order valence-corrected chi connectivity index (χ3v) is 10.7. The van der Waals surface area contributed by atoms with Gasteiger partial charge in [0.25, 0.3) is 0 Å².